The van der Waals surface area contributed by atoms with Crippen molar-refractivity contribution in [2.75, 3.05) is 11.5 Å². The van der Waals surface area contributed by atoms with E-state index < -0.39 is 15.8 Å². The van der Waals surface area contributed by atoms with E-state index in [0.29, 0.717) is 24.1 Å². The molecule has 1 aliphatic heterocycles. The molecule has 7 heteroatoms. The highest BCUT2D eigenvalue weighted by Crippen LogP contribution is 2.32. The zero-order valence-electron chi connectivity index (χ0n) is 9.34. The molecule has 0 saturated carbocycles. The molecule has 0 radical (unpaired) electrons. The van der Waals surface area contributed by atoms with Crippen LogP contribution in [0.1, 0.15) is 40.6 Å². The quantitative estimate of drug-likeness (QED) is 0.850. The minimum Gasteiger partial charge on any atom is -0.475 e. The van der Waals surface area contributed by atoms with Crippen LogP contribution in [0.5, 0.6) is 0 Å². The Labute approximate surface area is 98.5 Å². The second kappa shape index (κ2) is 4.14. The molecule has 6 nitrogen and oxygen atoms in total. The number of hydrogen-bond donors (Lipinski definition) is 1. The number of carbonyl (C=O) groups is 1. The number of carboxylic acids is 1. The molecule has 1 aromatic rings. The summed E-state index contributed by atoms with van der Waals surface area (Å²) in [5, 5.41) is 12.6. The van der Waals surface area contributed by atoms with E-state index in [4.69, 9.17) is 9.63 Å². The van der Waals surface area contributed by atoms with E-state index in [1.54, 1.807) is 6.92 Å². The van der Waals surface area contributed by atoms with E-state index in [2.05, 4.69) is 5.16 Å². The smallest absolute Gasteiger partial charge is 0.375 e. The fourth-order valence-electron chi connectivity index (χ4n) is 2.26. The van der Waals surface area contributed by atoms with Crippen molar-refractivity contribution < 1.29 is 22.8 Å². The lowest BCUT2D eigenvalue weighted by molar-refractivity contribution is 0.0649. The van der Waals surface area contributed by atoms with Crippen molar-refractivity contribution in [1.82, 2.24) is 5.16 Å². The van der Waals surface area contributed by atoms with Crippen LogP contribution in [-0.4, -0.2) is 36.2 Å². The Bertz CT molecular complexity index is 545. The monoisotopic (exact) mass is 259 g/mol. The van der Waals surface area contributed by atoms with E-state index >= 15 is 0 Å². The number of hydrogen-bond acceptors (Lipinski definition) is 5. The van der Waals surface area contributed by atoms with Gasteiger partial charge in [-0.3, -0.25) is 0 Å². The van der Waals surface area contributed by atoms with E-state index in [0.717, 1.165) is 0 Å². The van der Waals surface area contributed by atoms with Gasteiger partial charge in [-0.1, -0.05) is 5.16 Å². The fourth-order valence-corrected chi connectivity index (χ4v) is 3.98. The van der Waals surface area contributed by atoms with Gasteiger partial charge in [0.25, 0.3) is 0 Å². The summed E-state index contributed by atoms with van der Waals surface area (Å²) < 4.78 is 27.8. The third-order valence-electron chi connectivity index (χ3n) is 2.97. The maximum Gasteiger partial charge on any atom is 0.375 e. The van der Waals surface area contributed by atoms with E-state index in [1.165, 1.54) is 0 Å². The second-order valence-electron chi connectivity index (χ2n) is 4.27. The van der Waals surface area contributed by atoms with E-state index in [-0.39, 0.29) is 23.2 Å². The fraction of sp³-hybridized carbons (Fsp3) is 0.600. The van der Waals surface area contributed by atoms with Crippen molar-refractivity contribution in [3.63, 3.8) is 0 Å². The molecule has 0 aliphatic carbocycles. The molecule has 0 bridgehead atoms. The van der Waals surface area contributed by atoms with Gasteiger partial charge in [0.05, 0.1) is 17.2 Å². The molecular formula is C10H13NO5S. The van der Waals surface area contributed by atoms with Gasteiger partial charge in [-0.05, 0) is 19.8 Å². The number of aromatic carboxylic acids is 1. The summed E-state index contributed by atoms with van der Waals surface area (Å²) in [6.45, 7) is 1.63. The van der Waals surface area contributed by atoms with Crippen LogP contribution in [0.4, 0.5) is 0 Å². The van der Waals surface area contributed by atoms with E-state index in [1.807, 2.05) is 0 Å². The van der Waals surface area contributed by atoms with Crippen molar-refractivity contribution in [1.29, 1.82) is 0 Å². The molecule has 2 rings (SSSR count). The molecule has 1 saturated heterocycles. The standard InChI is InChI=1S/C10H13NO5S/c1-6-8(9(10(12)13)16-11-6)7-3-2-4-17(14,15)5-7/h7H,2-5H2,1H3,(H,12,13). The number of rotatable bonds is 2. The average molecular weight is 259 g/mol. The van der Waals surface area contributed by atoms with Gasteiger partial charge in [0.1, 0.15) is 0 Å². The summed E-state index contributed by atoms with van der Waals surface area (Å²) in [5.41, 5.74) is 0.894. The normalized spacial score (nSPS) is 23.5. The summed E-state index contributed by atoms with van der Waals surface area (Å²) in [6, 6.07) is 0. The summed E-state index contributed by atoms with van der Waals surface area (Å²) in [7, 11) is -3.08. The van der Waals surface area contributed by atoms with Crippen LogP contribution in [0, 0.1) is 6.92 Å². The molecule has 0 spiro atoms. The molecule has 1 aromatic heterocycles. The number of sulfone groups is 1. The third kappa shape index (κ3) is 2.33. The highest BCUT2D eigenvalue weighted by Gasteiger charge is 2.32. The van der Waals surface area contributed by atoms with Crippen molar-refractivity contribution in [2.45, 2.75) is 25.7 Å². The van der Waals surface area contributed by atoms with Gasteiger partial charge >= 0.3 is 5.97 Å². The molecule has 1 fully saturated rings. The van der Waals surface area contributed by atoms with Crippen LogP contribution in [0.3, 0.4) is 0 Å². The van der Waals surface area contributed by atoms with Crippen LogP contribution in [0.15, 0.2) is 4.52 Å². The molecule has 1 unspecified atom stereocenters. The van der Waals surface area contributed by atoms with Gasteiger partial charge in [-0.2, -0.15) is 0 Å². The first-order chi connectivity index (χ1) is 7.91. The maximum atomic E-state index is 11.6. The Balaban J connectivity index is 2.40. The second-order valence-corrected chi connectivity index (χ2v) is 6.50. The maximum absolute atomic E-state index is 11.6. The van der Waals surface area contributed by atoms with Crippen molar-refractivity contribution in [3.05, 3.63) is 17.0 Å². The topological polar surface area (TPSA) is 97.5 Å². The Morgan fingerprint density at radius 2 is 2.24 bits per heavy atom. The van der Waals surface area contributed by atoms with Crippen molar-refractivity contribution in [2.24, 2.45) is 0 Å². The molecule has 0 aromatic carbocycles. The van der Waals surface area contributed by atoms with Gasteiger partial charge < -0.3 is 9.63 Å². The Kier molecular flexibility index (Phi) is 2.94. The first-order valence-corrected chi connectivity index (χ1v) is 7.13. The average Bonchev–Trinajstić information content (AvgIpc) is 2.58. The van der Waals surface area contributed by atoms with Crippen LogP contribution in [0.2, 0.25) is 0 Å². The Hall–Kier alpha value is -1.37. The summed E-state index contributed by atoms with van der Waals surface area (Å²) in [5.74, 6) is -1.59. The zero-order chi connectivity index (χ0) is 12.6. The molecule has 1 N–H and O–H groups in total. The highest BCUT2D eigenvalue weighted by molar-refractivity contribution is 7.91. The predicted molar refractivity (Wildman–Crippen MR) is 58.8 cm³/mol. The summed E-state index contributed by atoms with van der Waals surface area (Å²) >= 11 is 0. The number of carboxylic acid groups (broad SMARTS) is 1. The van der Waals surface area contributed by atoms with Gasteiger partial charge in [0.2, 0.25) is 5.76 Å². The first-order valence-electron chi connectivity index (χ1n) is 5.30. The highest BCUT2D eigenvalue weighted by atomic mass is 32.2. The minimum atomic E-state index is -3.08. The van der Waals surface area contributed by atoms with Crippen LogP contribution in [0.25, 0.3) is 0 Å². The number of aromatic nitrogens is 1. The SMILES string of the molecule is Cc1noc(C(=O)O)c1C1CCCS(=O)(=O)C1. The molecule has 17 heavy (non-hydrogen) atoms. The number of aryl methyl sites for hydroxylation is 1. The molecule has 2 heterocycles. The summed E-state index contributed by atoms with van der Waals surface area (Å²) in [4.78, 5) is 11.0. The molecule has 1 atom stereocenters. The van der Waals surface area contributed by atoms with Crippen LogP contribution >= 0.6 is 0 Å². The molecular weight excluding hydrogens is 246 g/mol. The molecule has 1 aliphatic rings. The summed E-state index contributed by atoms with van der Waals surface area (Å²) in [6.07, 6.45) is 1.21. The van der Waals surface area contributed by atoms with E-state index in [9.17, 15) is 13.2 Å². The Morgan fingerprint density at radius 3 is 2.82 bits per heavy atom. The lowest BCUT2D eigenvalue weighted by atomic mass is 9.94. The van der Waals surface area contributed by atoms with Gasteiger partial charge in [0, 0.05) is 11.5 Å². The van der Waals surface area contributed by atoms with Crippen LogP contribution < -0.4 is 0 Å². The van der Waals surface area contributed by atoms with Gasteiger partial charge in [-0.15, -0.1) is 0 Å². The lowest BCUT2D eigenvalue weighted by Crippen LogP contribution is -2.25. The van der Waals surface area contributed by atoms with Crippen LogP contribution in [-0.2, 0) is 9.84 Å². The zero-order valence-corrected chi connectivity index (χ0v) is 10.2. The number of nitrogens with zero attached hydrogens (tertiary/aromatic N) is 1. The van der Waals surface area contributed by atoms with Crippen molar-refractivity contribution >= 4 is 15.8 Å². The van der Waals surface area contributed by atoms with Gasteiger partial charge in [-0.25, -0.2) is 13.2 Å². The largest absolute Gasteiger partial charge is 0.475 e. The first kappa shape index (κ1) is 12.1. The lowest BCUT2D eigenvalue weighted by Gasteiger charge is -2.21. The minimum absolute atomic E-state index is 0.0185. The Morgan fingerprint density at radius 1 is 1.53 bits per heavy atom. The predicted octanol–water partition coefficient (Wildman–Crippen LogP) is 0.973. The molecule has 0 amide bonds. The van der Waals surface area contributed by atoms with Gasteiger partial charge in [0.15, 0.2) is 9.84 Å². The third-order valence-corrected chi connectivity index (χ3v) is 4.79. The molecule has 94 valence electrons. The van der Waals surface area contributed by atoms with Crippen molar-refractivity contribution in [3.8, 4) is 0 Å².